The second-order valence-electron chi connectivity index (χ2n) is 4.19. The van der Waals surface area contributed by atoms with Gasteiger partial charge in [-0.25, -0.2) is 14.7 Å². The standard InChI is InChI=1S/C12H14N4O3S/c1-3-4-16-11(19)14-15-12(16)20-9-5-7(2)13-6-8(9)10(17)18/h5-6H,3-4H2,1-2H3,(H,14,19)(H,17,18). The van der Waals surface area contributed by atoms with Gasteiger partial charge < -0.3 is 5.11 Å². The maximum absolute atomic E-state index is 11.6. The van der Waals surface area contributed by atoms with E-state index in [0.29, 0.717) is 22.3 Å². The lowest BCUT2D eigenvalue weighted by molar-refractivity contribution is 0.0692. The molecule has 0 fully saturated rings. The van der Waals surface area contributed by atoms with Crippen LogP contribution in [0.2, 0.25) is 0 Å². The van der Waals surface area contributed by atoms with Gasteiger partial charge >= 0.3 is 11.7 Å². The summed E-state index contributed by atoms with van der Waals surface area (Å²) in [5.41, 5.74) is 0.508. The second-order valence-corrected chi connectivity index (χ2v) is 5.20. The molecule has 0 saturated carbocycles. The van der Waals surface area contributed by atoms with Crippen LogP contribution in [0.15, 0.2) is 27.1 Å². The van der Waals surface area contributed by atoms with Crippen LogP contribution in [-0.4, -0.2) is 30.8 Å². The first-order valence-corrected chi connectivity index (χ1v) is 6.87. The summed E-state index contributed by atoms with van der Waals surface area (Å²) in [7, 11) is 0. The molecule has 0 radical (unpaired) electrons. The first-order valence-electron chi connectivity index (χ1n) is 6.06. The highest BCUT2D eigenvalue weighted by Crippen LogP contribution is 2.28. The van der Waals surface area contributed by atoms with Gasteiger partial charge in [-0.1, -0.05) is 6.92 Å². The number of rotatable bonds is 5. The predicted molar refractivity (Wildman–Crippen MR) is 73.2 cm³/mol. The van der Waals surface area contributed by atoms with E-state index in [1.807, 2.05) is 6.92 Å². The number of hydrogen-bond acceptors (Lipinski definition) is 5. The van der Waals surface area contributed by atoms with Gasteiger partial charge in [0.05, 0.1) is 5.56 Å². The van der Waals surface area contributed by atoms with Gasteiger partial charge in [-0.15, -0.1) is 5.10 Å². The van der Waals surface area contributed by atoms with Crippen molar-refractivity contribution in [2.75, 3.05) is 0 Å². The maximum Gasteiger partial charge on any atom is 0.343 e. The molecular weight excluding hydrogens is 280 g/mol. The van der Waals surface area contributed by atoms with Crippen molar-refractivity contribution in [1.29, 1.82) is 0 Å². The third kappa shape index (κ3) is 2.90. The fourth-order valence-electron chi connectivity index (χ4n) is 1.68. The lowest BCUT2D eigenvalue weighted by Gasteiger charge is -2.07. The predicted octanol–water partition coefficient (Wildman–Crippen LogP) is 1.53. The number of pyridine rings is 1. The Labute approximate surface area is 119 Å². The average molecular weight is 294 g/mol. The summed E-state index contributed by atoms with van der Waals surface area (Å²) in [5, 5.41) is 15.9. The Hall–Kier alpha value is -2.09. The van der Waals surface area contributed by atoms with Crippen molar-refractivity contribution < 1.29 is 9.90 Å². The summed E-state index contributed by atoms with van der Waals surface area (Å²) in [6.07, 6.45) is 2.10. The molecular formula is C12H14N4O3S. The molecule has 0 amide bonds. The summed E-state index contributed by atoms with van der Waals surface area (Å²) in [4.78, 5) is 27.3. The first kappa shape index (κ1) is 14.3. The van der Waals surface area contributed by atoms with Crippen LogP contribution in [0.4, 0.5) is 0 Å². The minimum Gasteiger partial charge on any atom is -0.478 e. The molecule has 0 aromatic carbocycles. The molecule has 20 heavy (non-hydrogen) atoms. The number of carbonyl (C=O) groups is 1. The molecule has 0 aliphatic heterocycles. The van der Waals surface area contributed by atoms with E-state index in [1.165, 1.54) is 10.8 Å². The molecule has 0 saturated heterocycles. The molecule has 0 spiro atoms. The van der Waals surface area contributed by atoms with Crippen LogP contribution in [0.1, 0.15) is 29.4 Å². The Balaban J connectivity index is 2.42. The Kier molecular flexibility index (Phi) is 4.23. The molecule has 0 aliphatic carbocycles. The fourth-order valence-corrected chi connectivity index (χ4v) is 2.73. The highest BCUT2D eigenvalue weighted by molar-refractivity contribution is 7.99. The quantitative estimate of drug-likeness (QED) is 0.867. The Morgan fingerprint density at radius 2 is 2.30 bits per heavy atom. The van der Waals surface area contributed by atoms with Gasteiger partial charge in [-0.05, 0) is 31.2 Å². The molecule has 0 atom stereocenters. The molecule has 2 rings (SSSR count). The van der Waals surface area contributed by atoms with E-state index in [4.69, 9.17) is 5.11 Å². The minimum atomic E-state index is -1.06. The van der Waals surface area contributed by atoms with Gasteiger partial charge in [-0.2, -0.15) is 0 Å². The highest BCUT2D eigenvalue weighted by Gasteiger charge is 2.16. The summed E-state index contributed by atoms with van der Waals surface area (Å²) in [5.74, 6) is -1.06. The second kappa shape index (κ2) is 5.91. The van der Waals surface area contributed by atoms with E-state index in [1.54, 1.807) is 13.0 Å². The van der Waals surface area contributed by atoms with E-state index < -0.39 is 5.97 Å². The number of aryl methyl sites for hydroxylation is 1. The van der Waals surface area contributed by atoms with Crippen LogP contribution in [0.25, 0.3) is 0 Å². The van der Waals surface area contributed by atoms with E-state index in [9.17, 15) is 9.59 Å². The number of nitrogens with zero attached hydrogens (tertiary/aromatic N) is 3. The molecule has 2 aromatic rings. The maximum atomic E-state index is 11.6. The summed E-state index contributed by atoms with van der Waals surface area (Å²) in [6.45, 7) is 4.26. The Bertz CT molecular complexity index is 692. The van der Waals surface area contributed by atoms with E-state index >= 15 is 0 Å². The average Bonchev–Trinajstić information content (AvgIpc) is 2.72. The van der Waals surface area contributed by atoms with E-state index in [2.05, 4.69) is 15.2 Å². The number of carboxylic acids is 1. The lowest BCUT2D eigenvalue weighted by atomic mass is 10.2. The zero-order chi connectivity index (χ0) is 14.7. The molecule has 106 valence electrons. The van der Waals surface area contributed by atoms with Crippen LogP contribution < -0.4 is 5.69 Å². The Morgan fingerprint density at radius 3 is 2.95 bits per heavy atom. The van der Waals surface area contributed by atoms with Crippen molar-refractivity contribution in [2.45, 2.75) is 36.9 Å². The SMILES string of the molecule is CCCn1c(Sc2cc(C)ncc2C(=O)O)n[nH]c1=O. The van der Waals surface area contributed by atoms with Crippen molar-refractivity contribution in [2.24, 2.45) is 0 Å². The monoisotopic (exact) mass is 294 g/mol. The minimum absolute atomic E-state index is 0.0964. The number of carboxylic acid groups (broad SMARTS) is 1. The summed E-state index contributed by atoms with van der Waals surface area (Å²) < 4.78 is 1.49. The number of hydrogen-bond donors (Lipinski definition) is 2. The van der Waals surface area contributed by atoms with Crippen LogP contribution in [0, 0.1) is 6.92 Å². The van der Waals surface area contributed by atoms with E-state index in [-0.39, 0.29) is 11.3 Å². The smallest absolute Gasteiger partial charge is 0.343 e. The van der Waals surface area contributed by atoms with E-state index in [0.717, 1.165) is 18.2 Å². The summed E-state index contributed by atoms with van der Waals surface area (Å²) >= 11 is 1.14. The molecule has 2 aromatic heterocycles. The van der Waals surface area contributed by atoms with Gasteiger partial charge in [0.2, 0.25) is 0 Å². The topological polar surface area (TPSA) is 101 Å². The fraction of sp³-hybridized carbons (Fsp3) is 0.333. The van der Waals surface area contributed by atoms with Crippen molar-refractivity contribution in [3.63, 3.8) is 0 Å². The van der Waals surface area contributed by atoms with Gasteiger partial charge in [0.25, 0.3) is 0 Å². The van der Waals surface area contributed by atoms with Crippen molar-refractivity contribution in [3.05, 3.63) is 34.0 Å². The number of aromatic nitrogens is 4. The first-order chi connectivity index (χ1) is 9.52. The molecule has 2 N–H and O–H groups in total. The normalized spacial score (nSPS) is 10.7. The third-order valence-electron chi connectivity index (χ3n) is 2.60. The number of aromatic amines is 1. The number of H-pyrrole nitrogens is 1. The van der Waals surface area contributed by atoms with Crippen molar-refractivity contribution in [1.82, 2.24) is 19.7 Å². The molecule has 0 bridgehead atoms. The van der Waals surface area contributed by atoms with Gasteiger partial charge in [0, 0.05) is 23.3 Å². The number of nitrogens with one attached hydrogen (secondary N) is 1. The molecule has 2 heterocycles. The summed E-state index contributed by atoms with van der Waals surface area (Å²) in [6, 6.07) is 1.67. The molecule has 0 aliphatic rings. The van der Waals surface area contributed by atoms with Crippen LogP contribution in [-0.2, 0) is 6.54 Å². The third-order valence-corrected chi connectivity index (χ3v) is 3.66. The van der Waals surface area contributed by atoms with Crippen LogP contribution in [0.3, 0.4) is 0 Å². The Morgan fingerprint density at radius 1 is 1.55 bits per heavy atom. The van der Waals surface area contributed by atoms with Gasteiger partial charge in [0.1, 0.15) is 0 Å². The highest BCUT2D eigenvalue weighted by atomic mass is 32.2. The van der Waals surface area contributed by atoms with Crippen molar-refractivity contribution >= 4 is 17.7 Å². The van der Waals surface area contributed by atoms with Crippen molar-refractivity contribution in [3.8, 4) is 0 Å². The molecule has 7 nitrogen and oxygen atoms in total. The molecule has 8 heteroatoms. The molecule has 0 unspecified atom stereocenters. The van der Waals surface area contributed by atoms with Crippen LogP contribution in [0.5, 0.6) is 0 Å². The zero-order valence-corrected chi connectivity index (χ0v) is 11.9. The van der Waals surface area contributed by atoms with Crippen LogP contribution >= 0.6 is 11.8 Å². The largest absolute Gasteiger partial charge is 0.478 e. The zero-order valence-electron chi connectivity index (χ0n) is 11.1. The number of aromatic carboxylic acids is 1. The van der Waals surface area contributed by atoms with Gasteiger partial charge in [0.15, 0.2) is 5.16 Å². The lowest BCUT2D eigenvalue weighted by Crippen LogP contribution is -2.17. The van der Waals surface area contributed by atoms with Gasteiger partial charge in [-0.3, -0.25) is 9.55 Å².